The van der Waals surface area contributed by atoms with Gasteiger partial charge < -0.3 is 10.4 Å². The lowest BCUT2D eigenvalue weighted by atomic mass is 10.1. The molecule has 20 heavy (non-hydrogen) atoms. The number of rotatable bonds is 4. The van der Waals surface area contributed by atoms with Gasteiger partial charge in [0.05, 0.1) is 5.56 Å². The number of aromatic carboxylic acids is 1. The average Bonchev–Trinajstić information content (AvgIpc) is 2.39. The van der Waals surface area contributed by atoms with Crippen LogP contribution < -0.4 is 5.32 Å². The number of carboxylic acids is 1. The maximum atomic E-state index is 13.5. The largest absolute Gasteiger partial charge is 0.478 e. The van der Waals surface area contributed by atoms with Crippen molar-refractivity contribution in [3.8, 4) is 0 Å². The lowest BCUT2D eigenvalue weighted by Crippen LogP contribution is -2.06. The molecule has 0 aliphatic heterocycles. The summed E-state index contributed by atoms with van der Waals surface area (Å²) in [5, 5.41) is 11.8. The monoisotopic (exact) mass is 277 g/mol. The lowest BCUT2D eigenvalue weighted by molar-refractivity contribution is 0.0697. The summed E-state index contributed by atoms with van der Waals surface area (Å²) in [6, 6.07) is 8.22. The van der Waals surface area contributed by atoms with Gasteiger partial charge in [0, 0.05) is 17.8 Å². The van der Waals surface area contributed by atoms with Crippen molar-refractivity contribution < 1.29 is 18.7 Å². The number of halogens is 2. The van der Waals surface area contributed by atoms with Crippen molar-refractivity contribution in [2.45, 2.75) is 13.5 Å². The number of hydrogen-bond acceptors (Lipinski definition) is 2. The molecule has 0 amide bonds. The standard InChI is InChI=1S/C15H13F2NO2/c1-9-7-10(15(19)20)5-6-14(9)18-8-11-12(16)3-2-4-13(11)17/h2-7,18H,8H2,1H3,(H,19,20). The molecule has 0 aliphatic rings. The van der Waals surface area contributed by atoms with Crippen molar-refractivity contribution in [3.05, 3.63) is 64.7 Å². The molecule has 3 nitrogen and oxygen atoms in total. The quantitative estimate of drug-likeness (QED) is 0.898. The Kier molecular flexibility index (Phi) is 3.98. The Hall–Kier alpha value is -2.43. The molecule has 0 spiro atoms. The lowest BCUT2D eigenvalue weighted by Gasteiger charge is -2.11. The molecule has 2 N–H and O–H groups in total. The number of carboxylic acid groups (broad SMARTS) is 1. The second-order valence-electron chi connectivity index (χ2n) is 4.39. The van der Waals surface area contributed by atoms with E-state index in [4.69, 9.17) is 5.11 Å². The highest BCUT2D eigenvalue weighted by atomic mass is 19.1. The third-order valence-electron chi connectivity index (χ3n) is 2.99. The topological polar surface area (TPSA) is 49.3 Å². The van der Waals surface area contributed by atoms with Crippen LogP contribution in [0.3, 0.4) is 0 Å². The first kappa shape index (κ1) is 14.0. The van der Waals surface area contributed by atoms with Crippen LogP contribution in [0.1, 0.15) is 21.5 Å². The molecule has 0 saturated heterocycles. The molecule has 0 fully saturated rings. The fourth-order valence-corrected chi connectivity index (χ4v) is 1.88. The van der Waals surface area contributed by atoms with E-state index in [-0.39, 0.29) is 17.7 Å². The normalized spacial score (nSPS) is 10.3. The van der Waals surface area contributed by atoms with Gasteiger partial charge in [-0.1, -0.05) is 6.07 Å². The van der Waals surface area contributed by atoms with E-state index in [2.05, 4.69) is 5.32 Å². The van der Waals surface area contributed by atoms with Crippen LogP contribution in [-0.2, 0) is 6.54 Å². The summed E-state index contributed by atoms with van der Waals surface area (Å²) < 4.78 is 26.9. The zero-order chi connectivity index (χ0) is 14.7. The second-order valence-corrected chi connectivity index (χ2v) is 4.39. The van der Waals surface area contributed by atoms with E-state index in [1.807, 2.05) is 0 Å². The minimum absolute atomic E-state index is 0.00817. The van der Waals surface area contributed by atoms with Gasteiger partial charge in [-0.3, -0.25) is 0 Å². The van der Waals surface area contributed by atoms with Crippen LogP contribution in [0.4, 0.5) is 14.5 Å². The number of nitrogens with one attached hydrogen (secondary N) is 1. The molecule has 0 saturated carbocycles. The number of aryl methyl sites for hydroxylation is 1. The Labute approximate surface area is 114 Å². The van der Waals surface area contributed by atoms with Crippen LogP contribution in [0.25, 0.3) is 0 Å². The molecule has 104 valence electrons. The maximum Gasteiger partial charge on any atom is 0.335 e. The minimum atomic E-state index is -1.01. The van der Waals surface area contributed by atoms with Crippen molar-refractivity contribution in [3.63, 3.8) is 0 Å². The van der Waals surface area contributed by atoms with E-state index in [1.54, 1.807) is 13.0 Å². The van der Waals surface area contributed by atoms with Gasteiger partial charge in [-0.05, 0) is 42.8 Å². The fraction of sp³-hybridized carbons (Fsp3) is 0.133. The van der Waals surface area contributed by atoms with Gasteiger partial charge in [0.25, 0.3) is 0 Å². The van der Waals surface area contributed by atoms with Crippen LogP contribution in [0.5, 0.6) is 0 Å². The Bertz CT molecular complexity index is 636. The first-order chi connectivity index (χ1) is 9.49. The van der Waals surface area contributed by atoms with Gasteiger partial charge in [-0.25, -0.2) is 13.6 Å². The predicted octanol–water partition coefficient (Wildman–Crippen LogP) is 3.58. The molecule has 2 rings (SSSR count). The van der Waals surface area contributed by atoms with Gasteiger partial charge in [0.15, 0.2) is 0 Å². The molecule has 0 unspecified atom stereocenters. The minimum Gasteiger partial charge on any atom is -0.478 e. The first-order valence-electron chi connectivity index (χ1n) is 5.99. The van der Waals surface area contributed by atoms with Crippen LogP contribution in [-0.4, -0.2) is 11.1 Å². The predicted molar refractivity (Wildman–Crippen MR) is 71.8 cm³/mol. The zero-order valence-electron chi connectivity index (χ0n) is 10.8. The molecule has 2 aromatic rings. The summed E-state index contributed by atoms with van der Waals surface area (Å²) in [4.78, 5) is 10.8. The van der Waals surface area contributed by atoms with Gasteiger partial charge in [-0.2, -0.15) is 0 Å². The highest BCUT2D eigenvalue weighted by Crippen LogP contribution is 2.19. The fourth-order valence-electron chi connectivity index (χ4n) is 1.88. The molecule has 0 aromatic heterocycles. The van der Waals surface area contributed by atoms with E-state index in [1.165, 1.54) is 30.3 Å². The second kappa shape index (κ2) is 5.69. The Morgan fingerprint density at radius 1 is 1.20 bits per heavy atom. The smallest absolute Gasteiger partial charge is 0.335 e. The van der Waals surface area contributed by atoms with Crippen LogP contribution in [0.2, 0.25) is 0 Å². The summed E-state index contributed by atoms with van der Waals surface area (Å²) in [6.45, 7) is 1.72. The number of anilines is 1. The highest BCUT2D eigenvalue weighted by Gasteiger charge is 2.09. The number of carbonyl (C=O) groups is 1. The molecule has 0 heterocycles. The summed E-state index contributed by atoms with van der Waals surface area (Å²) in [6.07, 6.45) is 0. The molecule has 0 bridgehead atoms. The SMILES string of the molecule is Cc1cc(C(=O)O)ccc1NCc1c(F)cccc1F. The van der Waals surface area contributed by atoms with Crippen LogP contribution >= 0.6 is 0 Å². The van der Waals surface area contributed by atoms with Crippen LogP contribution in [0, 0.1) is 18.6 Å². The zero-order valence-corrected chi connectivity index (χ0v) is 10.8. The van der Waals surface area contributed by atoms with Gasteiger partial charge in [-0.15, -0.1) is 0 Å². The van der Waals surface area contributed by atoms with Crippen molar-refractivity contribution in [2.24, 2.45) is 0 Å². The van der Waals surface area contributed by atoms with Crippen LogP contribution in [0.15, 0.2) is 36.4 Å². The maximum absolute atomic E-state index is 13.5. The number of benzene rings is 2. The van der Waals surface area contributed by atoms with Gasteiger partial charge >= 0.3 is 5.97 Å². The molecular formula is C15H13F2NO2. The third-order valence-corrected chi connectivity index (χ3v) is 2.99. The van der Waals surface area contributed by atoms with E-state index < -0.39 is 17.6 Å². The van der Waals surface area contributed by atoms with Crippen molar-refractivity contribution >= 4 is 11.7 Å². The van der Waals surface area contributed by atoms with E-state index in [0.29, 0.717) is 11.3 Å². The summed E-state index contributed by atoms with van der Waals surface area (Å²) in [7, 11) is 0. The van der Waals surface area contributed by atoms with E-state index in [9.17, 15) is 13.6 Å². The van der Waals surface area contributed by atoms with Crippen molar-refractivity contribution in [1.29, 1.82) is 0 Å². The summed E-state index contributed by atoms with van der Waals surface area (Å²) in [5.74, 6) is -2.24. The molecule has 5 heteroatoms. The molecule has 0 atom stereocenters. The molecule has 2 aromatic carbocycles. The Balaban J connectivity index is 2.17. The Morgan fingerprint density at radius 3 is 2.40 bits per heavy atom. The molecule has 0 aliphatic carbocycles. The Morgan fingerprint density at radius 2 is 1.85 bits per heavy atom. The first-order valence-corrected chi connectivity index (χ1v) is 5.99. The third kappa shape index (κ3) is 2.93. The van der Waals surface area contributed by atoms with E-state index >= 15 is 0 Å². The van der Waals surface area contributed by atoms with Gasteiger partial charge in [0.1, 0.15) is 11.6 Å². The van der Waals surface area contributed by atoms with Gasteiger partial charge in [0.2, 0.25) is 0 Å². The van der Waals surface area contributed by atoms with Crippen molar-refractivity contribution in [1.82, 2.24) is 0 Å². The van der Waals surface area contributed by atoms with Crippen molar-refractivity contribution in [2.75, 3.05) is 5.32 Å². The average molecular weight is 277 g/mol. The summed E-state index contributed by atoms with van der Waals surface area (Å²) >= 11 is 0. The highest BCUT2D eigenvalue weighted by molar-refractivity contribution is 5.88. The molecular weight excluding hydrogens is 264 g/mol. The number of hydrogen-bond donors (Lipinski definition) is 2. The van der Waals surface area contributed by atoms with E-state index in [0.717, 1.165) is 0 Å². The molecule has 0 radical (unpaired) electrons. The summed E-state index contributed by atoms with van der Waals surface area (Å²) in [5.41, 5.74) is 1.46.